The van der Waals surface area contributed by atoms with Crippen LogP contribution in [0.4, 0.5) is 0 Å². The number of ether oxygens (including phenoxy) is 2. The lowest BCUT2D eigenvalue weighted by Gasteiger charge is -2.31. The molecule has 2 N–H and O–H groups in total. The van der Waals surface area contributed by atoms with Crippen LogP contribution in [0.2, 0.25) is 0 Å². The zero-order valence-electron chi connectivity index (χ0n) is 40.5. The molecule has 0 rings (SSSR count). The van der Waals surface area contributed by atoms with Gasteiger partial charge in [0.25, 0.3) is 7.82 Å². The van der Waals surface area contributed by atoms with Crippen LogP contribution in [0.25, 0.3) is 0 Å². The minimum absolute atomic E-state index is 0.0331. The molecule has 0 aromatic heterocycles. The maximum absolute atomic E-state index is 13.8. The van der Waals surface area contributed by atoms with Crippen molar-refractivity contribution in [3.05, 3.63) is 0 Å². The molecule has 0 aliphatic carbocycles. The van der Waals surface area contributed by atoms with Crippen molar-refractivity contribution >= 4 is 13.8 Å². The molecule has 0 heterocycles. The van der Waals surface area contributed by atoms with Crippen LogP contribution in [-0.4, -0.2) is 38.1 Å². The van der Waals surface area contributed by atoms with Crippen molar-refractivity contribution in [2.45, 2.75) is 297 Å². The lowest BCUT2D eigenvalue weighted by molar-refractivity contribution is -0.254. The molecule has 0 fully saturated rings. The van der Waals surface area contributed by atoms with Crippen molar-refractivity contribution < 1.29 is 32.8 Å². The molecular formula is C51H103NO7P-. The summed E-state index contributed by atoms with van der Waals surface area (Å²) >= 11 is 0. The Labute approximate surface area is 373 Å². The molecule has 0 aliphatic rings. The second-order valence-electron chi connectivity index (χ2n) is 18.2. The minimum Gasteiger partial charge on any atom is -0.756 e. The van der Waals surface area contributed by atoms with Crippen LogP contribution in [-0.2, 0) is 27.9 Å². The summed E-state index contributed by atoms with van der Waals surface area (Å²) < 4.78 is 35.0. The van der Waals surface area contributed by atoms with Crippen molar-refractivity contribution in [2.24, 2.45) is 11.7 Å². The summed E-state index contributed by atoms with van der Waals surface area (Å²) in [6, 6.07) is 0. The first kappa shape index (κ1) is 59.5. The minimum atomic E-state index is -4.77. The SMILES string of the molecule is CCCCCCCCCCCCCCCCO[C@H](C)C(OC(=O)C(CCCCCCCCCCCCCC)CCCCCCCCCCCCCC)OP(=O)([O-])OCCN. The van der Waals surface area contributed by atoms with Gasteiger partial charge in [0.2, 0.25) is 6.29 Å². The van der Waals surface area contributed by atoms with Crippen molar-refractivity contribution in [1.29, 1.82) is 0 Å². The Kier molecular flexibility index (Phi) is 46.1. The molecule has 9 heteroatoms. The van der Waals surface area contributed by atoms with Crippen molar-refractivity contribution in [3.63, 3.8) is 0 Å². The molecule has 0 bridgehead atoms. The molecular weight excluding hydrogens is 770 g/mol. The Morgan fingerprint density at radius 2 is 0.783 bits per heavy atom. The summed E-state index contributed by atoms with van der Waals surface area (Å²) in [4.78, 5) is 26.6. The normalized spacial score (nSPS) is 13.8. The summed E-state index contributed by atoms with van der Waals surface area (Å²) in [6.07, 6.45) is 47.5. The van der Waals surface area contributed by atoms with Crippen molar-refractivity contribution in [3.8, 4) is 0 Å². The van der Waals surface area contributed by atoms with Crippen LogP contribution in [0, 0.1) is 5.92 Å². The van der Waals surface area contributed by atoms with E-state index in [9.17, 15) is 14.3 Å². The number of phosphoric acid groups is 1. The average molecular weight is 873 g/mol. The van der Waals surface area contributed by atoms with E-state index in [1.54, 1.807) is 6.92 Å². The van der Waals surface area contributed by atoms with Crippen LogP contribution in [0.1, 0.15) is 285 Å². The lowest BCUT2D eigenvalue weighted by Crippen LogP contribution is -2.37. The standard InChI is InChI=1S/C51H104NO7P/c1-5-8-11-14-17-20-23-26-27-30-33-36-39-42-46-56-48(4)51(59-60(54,55)57-47-45-52)58-50(53)49(43-40-37-34-31-28-24-21-18-15-12-9-6-2)44-41-38-35-32-29-25-22-19-16-13-10-7-3/h48-49,51H,5-47,52H2,1-4H3,(H,54,55)/p-1/t48-,51?/m1/s1. The van der Waals surface area contributed by atoms with E-state index in [1.807, 2.05) is 0 Å². The maximum atomic E-state index is 13.8. The molecule has 0 aromatic carbocycles. The van der Waals surface area contributed by atoms with Gasteiger partial charge in [-0.05, 0) is 26.2 Å². The van der Waals surface area contributed by atoms with E-state index in [1.165, 1.54) is 199 Å². The zero-order valence-corrected chi connectivity index (χ0v) is 41.4. The van der Waals surface area contributed by atoms with Crippen LogP contribution in [0.15, 0.2) is 0 Å². The zero-order chi connectivity index (χ0) is 44.0. The molecule has 360 valence electrons. The first-order valence-electron chi connectivity index (χ1n) is 26.5. The second-order valence-corrected chi connectivity index (χ2v) is 19.6. The molecule has 0 amide bonds. The first-order valence-corrected chi connectivity index (χ1v) is 27.9. The number of hydrogen-bond acceptors (Lipinski definition) is 8. The average Bonchev–Trinajstić information content (AvgIpc) is 3.23. The molecule has 0 aliphatic heterocycles. The Morgan fingerprint density at radius 3 is 1.10 bits per heavy atom. The van der Waals surface area contributed by atoms with Gasteiger partial charge in [-0.3, -0.25) is 13.9 Å². The fraction of sp³-hybridized carbons (Fsp3) is 0.980. The van der Waals surface area contributed by atoms with Gasteiger partial charge >= 0.3 is 5.97 Å². The summed E-state index contributed by atoms with van der Waals surface area (Å²) in [5.41, 5.74) is 5.50. The highest BCUT2D eigenvalue weighted by molar-refractivity contribution is 7.45. The van der Waals surface area contributed by atoms with Gasteiger partial charge in [0.1, 0.15) is 6.10 Å². The number of hydrogen-bond donors (Lipinski definition) is 1. The van der Waals surface area contributed by atoms with Crippen LogP contribution in [0.3, 0.4) is 0 Å². The van der Waals surface area contributed by atoms with E-state index < -0.39 is 26.2 Å². The molecule has 2 unspecified atom stereocenters. The molecule has 0 spiro atoms. The van der Waals surface area contributed by atoms with Gasteiger partial charge in [-0.2, -0.15) is 0 Å². The largest absolute Gasteiger partial charge is 0.756 e. The smallest absolute Gasteiger partial charge is 0.311 e. The summed E-state index contributed by atoms with van der Waals surface area (Å²) in [5.74, 6) is -0.687. The van der Waals surface area contributed by atoms with Crippen molar-refractivity contribution in [2.75, 3.05) is 19.8 Å². The number of unbranched alkanes of at least 4 members (excludes halogenated alkanes) is 35. The number of carbonyl (C=O) groups excluding carboxylic acids is 1. The fourth-order valence-electron chi connectivity index (χ4n) is 8.22. The Bertz CT molecular complexity index is 896. The highest BCUT2D eigenvalue weighted by atomic mass is 31.2. The van der Waals surface area contributed by atoms with Gasteiger partial charge in [0.05, 0.1) is 12.5 Å². The molecule has 60 heavy (non-hydrogen) atoms. The third-order valence-electron chi connectivity index (χ3n) is 12.2. The van der Waals surface area contributed by atoms with Gasteiger partial charge in [0.15, 0.2) is 0 Å². The number of nitrogens with two attached hydrogens (primary N) is 1. The van der Waals surface area contributed by atoms with Gasteiger partial charge in [-0.1, -0.05) is 258 Å². The highest BCUT2D eigenvalue weighted by Crippen LogP contribution is 2.41. The Morgan fingerprint density at radius 1 is 0.483 bits per heavy atom. The van der Waals surface area contributed by atoms with E-state index >= 15 is 0 Å². The maximum Gasteiger partial charge on any atom is 0.311 e. The van der Waals surface area contributed by atoms with E-state index in [2.05, 4.69) is 20.8 Å². The molecule has 0 aromatic rings. The third kappa shape index (κ3) is 41.5. The predicted molar refractivity (Wildman–Crippen MR) is 254 cm³/mol. The van der Waals surface area contributed by atoms with Gasteiger partial charge < -0.3 is 24.6 Å². The summed E-state index contributed by atoms with van der Waals surface area (Å²) in [6.45, 7) is 8.80. The number of carbonyl (C=O) groups is 1. The van der Waals surface area contributed by atoms with Crippen LogP contribution in [0.5, 0.6) is 0 Å². The van der Waals surface area contributed by atoms with Crippen LogP contribution >= 0.6 is 7.82 Å². The van der Waals surface area contributed by atoms with E-state index in [-0.39, 0.29) is 19.1 Å². The van der Waals surface area contributed by atoms with Gasteiger partial charge in [0, 0.05) is 13.2 Å². The quantitative estimate of drug-likeness (QED) is 0.0278. The third-order valence-corrected chi connectivity index (χ3v) is 13.2. The first-order chi connectivity index (χ1) is 29.3. The molecule has 0 radical (unpaired) electrons. The van der Waals surface area contributed by atoms with Crippen molar-refractivity contribution in [1.82, 2.24) is 0 Å². The van der Waals surface area contributed by atoms with Gasteiger partial charge in [-0.25, -0.2) is 0 Å². The summed E-state index contributed by atoms with van der Waals surface area (Å²) in [5, 5.41) is 0. The summed E-state index contributed by atoms with van der Waals surface area (Å²) in [7, 11) is -4.77. The molecule has 8 nitrogen and oxygen atoms in total. The van der Waals surface area contributed by atoms with Crippen LogP contribution < -0.4 is 10.6 Å². The lowest BCUT2D eigenvalue weighted by atomic mass is 9.94. The Balaban J connectivity index is 4.96. The second kappa shape index (κ2) is 46.5. The molecule has 3 atom stereocenters. The van der Waals surface area contributed by atoms with E-state index in [4.69, 9.17) is 24.3 Å². The Hall–Kier alpha value is -0.500. The molecule has 0 saturated carbocycles. The predicted octanol–water partition coefficient (Wildman–Crippen LogP) is 16.0. The van der Waals surface area contributed by atoms with Gasteiger partial charge in [-0.15, -0.1) is 0 Å². The number of esters is 1. The number of rotatable bonds is 50. The number of phosphoric ester groups is 1. The fourth-order valence-corrected chi connectivity index (χ4v) is 9.08. The topological polar surface area (TPSA) is 120 Å². The highest BCUT2D eigenvalue weighted by Gasteiger charge is 2.31. The monoisotopic (exact) mass is 873 g/mol. The molecule has 0 saturated heterocycles. The van der Waals surface area contributed by atoms with E-state index in [0.717, 1.165) is 57.8 Å². The van der Waals surface area contributed by atoms with E-state index in [0.29, 0.717) is 6.61 Å².